The molecule has 1 amide bonds. The number of rotatable bonds is 1. The Balaban J connectivity index is 1.60. The summed E-state index contributed by atoms with van der Waals surface area (Å²) < 4.78 is 37.0. The van der Waals surface area contributed by atoms with Crippen LogP contribution in [0, 0.1) is 5.41 Å². The van der Waals surface area contributed by atoms with Crippen molar-refractivity contribution in [1.29, 1.82) is 0 Å². The van der Waals surface area contributed by atoms with Crippen molar-refractivity contribution < 1.29 is 23.1 Å². The second-order valence-electron chi connectivity index (χ2n) is 5.64. The molecule has 2 fully saturated rings. The van der Waals surface area contributed by atoms with Crippen LogP contribution in [0.25, 0.3) is 6.08 Å². The molecule has 112 valence electrons. The van der Waals surface area contributed by atoms with Crippen LogP contribution < -0.4 is 0 Å². The first-order valence-corrected chi connectivity index (χ1v) is 6.36. The highest BCUT2D eigenvalue weighted by molar-refractivity contribution is 5.67. The molecule has 8 heteroatoms. The summed E-state index contributed by atoms with van der Waals surface area (Å²) in [5.74, 6) is 0. The molecular weight excluding hydrogens is 287 g/mol. The Morgan fingerprint density at radius 2 is 1.95 bits per heavy atom. The highest BCUT2D eigenvalue weighted by Crippen LogP contribution is 2.51. The maximum absolute atomic E-state index is 12.3. The van der Waals surface area contributed by atoms with Crippen LogP contribution in [0.2, 0.25) is 0 Å². The fourth-order valence-corrected chi connectivity index (χ4v) is 2.92. The minimum Gasteiger partial charge on any atom is -0.465 e. The quantitative estimate of drug-likeness (QED) is 0.865. The fourth-order valence-electron chi connectivity index (χ4n) is 2.92. The van der Waals surface area contributed by atoms with Crippen molar-refractivity contribution in [1.82, 2.24) is 15.1 Å². The standard InChI is InChI=1S/C13H12F3N3O2/c14-13(15,16)10-2-1-9(17-18-10)3-8-4-12(5-8)6-19(7-12)11(20)21/h1-3H,4-7H2,(H,20,21). The summed E-state index contributed by atoms with van der Waals surface area (Å²) in [4.78, 5) is 12.1. The predicted octanol–water partition coefficient (Wildman–Crippen LogP) is 2.65. The molecule has 0 bridgehead atoms. The minimum absolute atomic E-state index is 0.0313. The summed E-state index contributed by atoms with van der Waals surface area (Å²) in [7, 11) is 0. The number of hydrogen-bond acceptors (Lipinski definition) is 3. The number of alkyl halides is 3. The molecule has 1 N–H and O–H groups in total. The van der Waals surface area contributed by atoms with Gasteiger partial charge in [0.15, 0.2) is 5.69 Å². The zero-order valence-electron chi connectivity index (χ0n) is 10.9. The monoisotopic (exact) mass is 299 g/mol. The Labute approximate surface area is 118 Å². The van der Waals surface area contributed by atoms with Gasteiger partial charge in [-0.1, -0.05) is 5.57 Å². The Hall–Kier alpha value is -2.12. The number of nitrogens with zero attached hydrogens (tertiary/aromatic N) is 3. The third-order valence-corrected chi connectivity index (χ3v) is 3.85. The van der Waals surface area contributed by atoms with Crippen molar-refractivity contribution in [2.45, 2.75) is 19.0 Å². The van der Waals surface area contributed by atoms with Crippen molar-refractivity contribution in [3.63, 3.8) is 0 Å². The van der Waals surface area contributed by atoms with E-state index in [1.165, 1.54) is 11.0 Å². The van der Waals surface area contributed by atoms with Gasteiger partial charge in [-0.15, -0.1) is 5.10 Å². The first-order chi connectivity index (χ1) is 9.77. The molecule has 1 aliphatic heterocycles. The van der Waals surface area contributed by atoms with E-state index in [2.05, 4.69) is 10.2 Å². The number of allylic oxidation sites excluding steroid dienone is 1. The van der Waals surface area contributed by atoms with Gasteiger partial charge in [0.1, 0.15) is 0 Å². The molecule has 1 saturated carbocycles. The van der Waals surface area contributed by atoms with Crippen molar-refractivity contribution >= 4 is 12.2 Å². The van der Waals surface area contributed by atoms with Crippen LogP contribution >= 0.6 is 0 Å². The molecule has 21 heavy (non-hydrogen) atoms. The van der Waals surface area contributed by atoms with Gasteiger partial charge in [-0.2, -0.15) is 18.3 Å². The van der Waals surface area contributed by atoms with Gasteiger partial charge in [-0.3, -0.25) is 0 Å². The van der Waals surface area contributed by atoms with Crippen LogP contribution in [-0.4, -0.2) is 39.4 Å². The molecule has 2 heterocycles. The summed E-state index contributed by atoms with van der Waals surface area (Å²) in [6.45, 7) is 1.05. The SMILES string of the molecule is O=C(O)N1CC2(CC(=Cc3ccc(C(F)(F)F)nn3)C2)C1. The Morgan fingerprint density at radius 3 is 2.43 bits per heavy atom. The molecule has 0 aromatic carbocycles. The number of carboxylic acid groups (broad SMARTS) is 1. The molecule has 1 aromatic rings. The molecular formula is C13H12F3N3O2. The Morgan fingerprint density at radius 1 is 1.29 bits per heavy atom. The van der Waals surface area contributed by atoms with Crippen LogP contribution in [0.5, 0.6) is 0 Å². The average molecular weight is 299 g/mol. The van der Waals surface area contributed by atoms with Crippen LogP contribution in [0.3, 0.4) is 0 Å². The largest absolute Gasteiger partial charge is 0.465 e. The van der Waals surface area contributed by atoms with Crippen LogP contribution in [-0.2, 0) is 6.18 Å². The van der Waals surface area contributed by atoms with E-state index in [0.29, 0.717) is 18.8 Å². The molecule has 1 spiro atoms. The smallest absolute Gasteiger partial charge is 0.435 e. The molecule has 1 saturated heterocycles. The van der Waals surface area contributed by atoms with Gasteiger partial charge in [-0.25, -0.2) is 4.79 Å². The number of amides is 1. The summed E-state index contributed by atoms with van der Waals surface area (Å²) in [5, 5.41) is 15.5. The first kappa shape index (κ1) is 13.8. The molecule has 0 radical (unpaired) electrons. The summed E-state index contributed by atoms with van der Waals surface area (Å²) in [6.07, 6.45) is -2.14. The number of hydrogen-bond donors (Lipinski definition) is 1. The third kappa shape index (κ3) is 2.57. The number of likely N-dealkylation sites (tertiary alicyclic amines) is 1. The normalized spacial score (nSPS) is 20.0. The molecule has 0 atom stereocenters. The van der Waals surface area contributed by atoms with Gasteiger partial charge in [-0.05, 0) is 31.1 Å². The van der Waals surface area contributed by atoms with E-state index < -0.39 is 18.0 Å². The molecule has 1 aliphatic carbocycles. The number of aromatic nitrogens is 2. The maximum atomic E-state index is 12.3. The summed E-state index contributed by atoms with van der Waals surface area (Å²) in [6, 6.07) is 2.20. The van der Waals surface area contributed by atoms with Crippen molar-refractivity contribution in [3.8, 4) is 0 Å². The fraction of sp³-hybridized carbons (Fsp3) is 0.462. The minimum atomic E-state index is -4.48. The van der Waals surface area contributed by atoms with Gasteiger partial charge >= 0.3 is 12.3 Å². The molecule has 0 unspecified atom stereocenters. The van der Waals surface area contributed by atoms with E-state index in [-0.39, 0.29) is 5.41 Å². The zero-order valence-corrected chi connectivity index (χ0v) is 10.9. The van der Waals surface area contributed by atoms with E-state index in [1.807, 2.05) is 0 Å². The van der Waals surface area contributed by atoms with Crippen LogP contribution in [0.1, 0.15) is 24.2 Å². The van der Waals surface area contributed by atoms with Crippen molar-refractivity contribution in [2.24, 2.45) is 5.41 Å². The molecule has 1 aromatic heterocycles. The second-order valence-corrected chi connectivity index (χ2v) is 5.64. The van der Waals surface area contributed by atoms with Gasteiger partial charge in [0, 0.05) is 18.5 Å². The lowest BCUT2D eigenvalue weighted by Crippen LogP contribution is -2.61. The first-order valence-electron chi connectivity index (χ1n) is 6.36. The Kier molecular flexibility index (Phi) is 2.93. The zero-order chi connectivity index (χ0) is 15.3. The van der Waals surface area contributed by atoms with E-state index in [0.717, 1.165) is 24.5 Å². The third-order valence-electron chi connectivity index (χ3n) is 3.85. The van der Waals surface area contributed by atoms with Gasteiger partial charge in [0.05, 0.1) is 5.69 Å². The van der Waals surface area contributed by atoms with E-state index in [1.54, 1.807) is 6.08 Å². The molecule has 2 aliphatic rings. The van der Waals surface area contributed by atoms with Gasteiger partial charge in [0.25, 0.3) is 0 Å². The Bertz CT molecular complexity index is 594. The highest BCUT2D eigenvalue weighted by Gasteiger charge is 2.51. The topological polar surface area (TPSA) is 66.3 Å². The molecule has 5 nitrogen and oxygen atoms in total. The summed E-state index contributed by atoms with van der Waals surface area (Å²) in [5.41, 5.74) is 0.478. The lowest BCUT2D eigenvalue weighted by Gasteiger charge is -2.55. The summed E-state index contributed by atoms with van der Waals surface area (Å²) >= 11 is 0. The van der Waals surface area contributed by atoms with Gasteiger partial charge in [0.2, 0.25) is 0 Å². The highest BCUT2D eigenvalue weighted by atomic mass is 19.4. The van der Waals surface area contributed by atoms with Crippen molar-refractivity contribution in [3.05, 3.63) is 29.1 Å². The number of halogens is 3. The van der Waals surface area contributed by atoms with E-state index in [4.69, 9.17) is 5.11 Å². The van der Waals surface area contributed by atoms with Crippen LogP contribution in [0.4, 0.5) is 18.0 Å². The van der Waals surface area contributed by atoms with Gasteiger partial charge < -0.3 is 10.0 Å². The maximum Gasteiger partial charge on any atom is 0.435 e. The molecule has 3 rings (SSSR count). The lowest BCUT2D eigenvalue weighted by molar-refractivity contribution is -0.141. The second kappa shape index (κ2) is 4.44. The van der Waals surface area contributed by atoms with E-state index in [9.17, 15) is 18.0 Å². The predicted molar refractivity (Wildman–Crippen MR) is 66.3 cm³/mol. The number of carbonyl (C=O) groups is 1. The lowest BCUT2D eigenvalue weighted by atomic mass is 9.60. The average Bonchev–Trinajstić information content (AvgIpc) is 2.29. The van der Waals surface area contributed by atoms with Crippen molar-refractivity contribution in [2.75, 3.05) is 13.1 Å². The van der Waals surface area contributed by atoms with E-state index >= 15 is 0 Å². The van der Waals surface area contributed by atoms with Crippen LogP contribution in [0.15, 0.2) is 17.7 Å².